The molecule has 0 nitrogen and oxygen atoms in total. The summed E-state index contributed by atoms with van der Waals surface area (Å²) in [5.74, 6) is 0. The van der Waals surface area contributed by atoms with Crippen molar-refractivity contribution in [2.75, 3.05) is 0 Å². The van der Waals surface area contributed by atoms with E-state index in [9.17, 15) is 0 Å². The van der Waals surface area contributed by atoms with Crippen LogP contribution < -0.4 is 56.6 Å². The molecule has 0 atom stereocenters. The van der Waals surface area contributed by atoms with Gasteiger partial charge in [-0.1, -0.05) is 188 Å². The Bertz CT molecular complexity index is 2180. The second kappa shape index (κ2) is 16.9. The van der Waals surface area contributed by atoms with Gasteiger partial charge in [-0.3, -0.25) is 0 Å². The zero-order valence-corrected chi connectivity index (χ0v) is 31.3. The molecule has 0 aliphatic rings. The summed E-state index contributed by atoms with van der Waals surface area (Å²) in [6.07, 6.45) is 0. The Morgan fingerprint density at radius 2 is 0.714 bits per heavy atom. The summed E-state index contributed by atoms with van der Waals surface area (Å²) in [6, 6.07) is 71.9. The van der Waals surface area contributed by atoms with Gasteiger partial charge in [-0.25, -0.2) is 0 Å². The number of fused-ring (bicyclic) bond motifs is 2. The van der Waals surface area contributed by atoms with E-state index < -0.39 is 15.8 Å². The normalized spacial score (nSPS) is 10.7. The van der Waals surface area contributed by atoms with Crippen molar-refractivity contribution < 1.29 is 45.2 Å². The maximum atomic E-state index is 2.52. The van der Waals surface area contributed by atoms with Crippen molar-refractivity contribution in [2.45, 2.75) is 0 Å². The second-order valence-electron chi connectivity index (χ2n) is 11.4. The van der Waals surface area contributed by atoms with E-state index in [0.717, 1.165) is 0 Å². The van der Waals surface area contributed by atoms with Crippen LogP contribution in [-0.2, 0) is 20.4 Å². The molecule has 0 heterocycles. The molecule has 0 aliphatic carbocycles. The van der Waals surface area contributed by atoms with Gasteiger partial charge < -0.3 is 24.8 Å². The van der Waals surface area contributed by atoms with Crippen molar-refractivity contribution in [1.82, 2.24) is 0 Å². The van der Waals surface area contributed by atoms with Gasteiger partial charge in [-0.05, 0) is 81.1 Å². The van der Waals surface area contributed by atoms with Crippen molar-refractivity contribution in [1.29, 1.82) is 0 Å². The van der Waals surface area contributed by atoms with E-state index >= 15 is 0 Å². The van der Waals surface area contributed by atoms with Gasteiger partial charge in [0.15, 0.2) is 0 Å². The van der Waals surface area contributed by atoms with Crippen LogP contribution in [0.2, 0.25) is 0 Å². The Morgan fingerprint density at radius 3 is 1.22 bits per heavy atom. The van der Waals surface area contributed by atoms with Gasteiger partial charge in [0, 0.05) is 5.30 Å². The van der Waals surface area contributed by atoms with Crippen LogP contribution in [0, 0.1) is 0 Å². The van der Waals surface area contributed by atoms with Gasteiger partial charge in [0.1, 0.15) is 0 Å². The molecule has 0 radical (unpaired) electrons. The van der Waals surface area contributed by atoms with Gasteiger partial charge in [-0.15, -0.1) is 0 Å². The van der Waals surface area contributed by atoms with Crippen molar-refractivity contribution in [2.24, 2.45) is 0 Å². The van der Waals surface area contributed by atoms with E-state index in [4.69, 9.17) is 0 Å². The van der Waals surface area contributed by atoms with E-state index in [0.29, 0.717) is 0 Å². The minimum Gasteiger partial charge on any atom is -1.00 e. The summed E-state index contributed by atoms with van der Waals surface area (Å²) in [4.78, 5) is 0. The molecule has 8 aromatic carbocycles. The number of rotatable bonds is 7. The summed E-state index contributed by atoms with van der Waals surface area (Å²) < 4.78 is 0. The number of hydrogen-bond donors (Lipinski definition) is 0. The first-order chi connectivity index (χ1) is 22.9. The van der Waals surface area contributed by atoms with E-state index in [1.165, 1.54) is 64.5 Å². The first-order valence-electron chi connectivity index (χ1n) is 15.7. The van der Waals surface area contributed by atoms with E-state index in [1.54, 1.807) is 0 Å². The molecule has 242 valence electrons. The van der Waals surface area contributed by atoms with Crippen LogP contribution in [0.15, 0.2) is 194 Å². The van der Waals surface area contributed by atoms with E-state index in [1.807, 2.05) is 0 Å². The van der Waals surface area contributed by atoms with Gasteiger partial charge in [0.25, 0.3) is 0 Å². The molecule has 8 rings (SSSR count). The number of benzene rings is 8. The summed E-state index contributed by atoms with van der Waals surface area (Å²) in [6.45, 7) is 0. The van der Waals surface area contributed by atoms with Crippen molar-refractivity contribution >= 4 is 69.2 Å². The zero-order valence-electron chi connectivity index (χ0n) is 26.4. The summed E-state index contributed by atoms with van der Waals surface area (Å²) in [5, 5.41) is 13.4. The molecule has 8 aromatic rings. The minimum absolute atomic E-state index is 0. The molecule has 0 amide bonds. The maximum Gasteiger partial charge on any atom is 2.00 e. The van der Waals surface area contributed by atoms with Crippen LogP contribution in [-0.4, -0.2) is 0 Å². The quantitative estimate of drug-likeness (QED) is 0.172. The third-order valence-electron chi connectivity index (χ3n) is 8.58. The maximum absolute atomic E-state index is 2.52. The van der Waals surface area contributed by atoms with Gasteiger partial charge in [0.2, 0.25) is 0 Å². The van der Waals surface area contributed by atoms with Crippen LogP contribution >= 0.6 is 15.8 Å². The van der Waals surface area contributed by atoms with Crippen LogP contribution in [0.3, 0.4) is 0 Å². The monoisotopic (exact) mass is 798 g/mol. The first-order valence-corrected chi connectivity index (χ1v) is 18.4. The fraction of sp³-hybridized carbons (Fsp3) is 0. The third-order valence-corrected chi connectivity index (χ3v) is 13.8. The standard InChI is InChI=1S/C44H32P2.2ClH.Pd/c1-5-21-35(22-6-1)45(36-23-7-2-8-24-36)42-32-34-19-14-16-30-40(34)43(41-31-17-20-33-18-13-15-29-39(33)41)44(42)46(37-25-9-3-10-26-37)38-27-11-4-12-28-38;;;/h1-32H;2*1H;/q;;;+2/p-2. The number of hydrogen-bond acceptors (Lipinski definition) is 0. The molecule has 0 aromatic heterocycles. The largest absolute Gasteiger partial charge is 2.00 e. The SMILES string of the molecule is [Cl-].[Cl-].[Pd+2].c1ccc(P(c2ccccc2)c2cc3ccccc3c(-c3cccc4ccccc34)c2P(c2ccccc2)c2ccccc2)cc1. The molecule has 0 bridgehead atoms. The Labute approximate surface area is 317 Å². The van der Waals surface area contributed by atoms with Crippen molar-refractivity contribution in [3.63, 3.8) is 0 Å². The van der Waals surface area contributed by atoms with Crippen LogP contribution in [0.4, 0.5) is 0 Å². The predicted molar refractivity (Wildman–Crippen MR) is 204 cm³/mol. The summed E-state index contributed by atoms with van der Waals surface area (Å²) in [7, 11) is -1.82. The molecular formula is C44H32Cl2P2Pd. The van der Waals surface area contributed by atoms with Crippen molar-refractivity contribution in [3.8, 4) is 11.1 Å². The summed E-state index contributed by atoms with van der Waals surface area (Å²) in [5.41, 5.74) is 2.64. The van der Waals surface area contributed by atoms with Crippen LogP contribution in [0.25, 0.3) is 32.7 Å². The van der Waals surface area contributed by atoms with E-state index in [2.05, 4.69) is 194 Å². The fourth-order valence-electron chi connectivity index (χ4n) is 6.58. The fourth-order valence-corrected chi connectivity index (χ4v) is 12.1. The first kappa shape index (κ1) is 36.7. The summed E-state index contributed by atoms with van der Waals surface area (Å²) >= 11 is 0. The van der Waals surface area contributed by atoms with Crippen LogP contribution in [0.1, 0.15) is 0 Å². The molecule has 0 N–H and O–H groups in total. The van der Waals surface area contributed by atoms with Gasteiger partial charge in [-0.2, -0.15) is 0 Å². The molecule has 0 saturated heterocycles. The Morgan fingerprint density at radius 1 is 0.327 bits per heavy atom. The Balaban J connectivity index is 0.00000156. The topological polar surface area (TPSA) is 0 Å². The molecule has 0 saturated carbocycles. The molecule has 0 fully saturated rings. The van der Waals surface area contributed by atoms with Gasteiger partial charge in [0.05, 0.1) is 0 Å². The molecule has 5 heteroatoms. The molecular weight excluding hydrogens is 768 g/mol. The second-order valence-corrected chi connectivity index (χ2v) is 15.7. The van der Waals surface area contributed by atoms with Crippen molar-refractivity contribution in [3.05, 3.63) is 194 Å². The minimum atomic E-state index is -0.937. The molecule has 49 heavy (non-hydrogen) atoms. The molecule has 0 spiro atoms. The predicted octanol–water partition coefficient (Wildman–Crippen LogP) is 3.18. The Hall–Kier alpha value is -3.62. The van der Waals surface area contributed by atoms with Crippen LogP contribution in [0.5, 0.6) is 0 Å². The molecule has 0 aliphatic heterocycles. The third kappa shape index (κ3) is 7.32. The van der Waals surface area contributed by atoms with Gasteiger partial charge >= 0.3 is 20.4 Å². The zero-order chi connectivity index (χ0) is 30.7. The molecule has 0 unspecified atom stereocenters. The smallest absolute Gasteiger partial charge is 1.00 e. The number of halogens is 2. The average molecular weight is 800 g/mol. The average Bonchev–Trinajstić information content (AvgIpc) is 3.13. The Kier molecular flexibility index (Phi) is 12.6. The van der Waals surface area contributed by atoms with E-state index in [-0.39, 0.29) is 45.2 Å².